The summed E-state index contributed by atoms with van der Waals surface area (Å²) in [4.78, 5) is 28.8. The molecule has 176 valence electrons. The van der Waals surface area contributed by atoms with Crippen molar-refractivity contribution >= 4 is 34.3 Å². The van der Waals surface area contributed by atoms with E-state index in [1.165, 1.54) is 6.07 Å². The Morgan fingerprint density at radius 2 is 1.91 bits per heavy atom. The van der Waals surface area contributed by atoms with Gasteiger partial charge in [-0.25, -0.2) is 14.4 Å². The fourth-order valence-corrected chi connectivity index (χ4v) is 4.71. The number of hydrogen-bond acceptors (Lipinski definition) is 8. The van der Waals surface area contributed by atoms with Crippen LogP contribution in [0.3, 0.4) is 0 Å². The number of hydrogen-bond donors (Lipinski definition) is 4. The highest BCUT2D eigenvalue weighted by molar-refractivity contribution is 5.85. The zero-order chi connectivity index (χ0) is 23.1. The molecule has 2 aliphatic heterocycles. The van der Waals surface area contributed by atoms with Crippen molar-refractivity contribution in [3.63, 3.8) is 0 Å². The molecule has 0 aliphatic carbocycles. The van der Waals surface area contributed by atoms with Gasteiger partial charge in [0.25, 0.3) is 0 Å². The van der Waals surface area contributed by atoms with Gasteiger partial charge < -0.3 is 30.4 Å². The minimum absolute atomic E-state index is 0.289. The SMILES string of the molecule is CN1CCC(Nc2ccc(Nc3nc(N4CCc5nc[nH]c5C4)c4[nH]cnc4n3)cc2F)CC1. The molecule has 0 spiro atoms. The largest absolute Gasteiger partial charge is 0.380 e. The normalized spacial score (nSPS) is 17.2. The van der Waals surface area contributed by atoms with Crippen LogP contribution in [0, 0.1) is 5.82 Å². The third kappa shape index (κ3) is 4.03. The van der Waals surface area contributed by atoms with Crippen LogP contribution in [0.5, 0.6) is 0 Å². The highest BCUT2D eigenvalue weighted by Gasteiger charge is 2.23. The van der Waals surface area contributed by atoms with E-state index in [0.29, 0.717) is 29.5 Å². The summed E-state index contributed by atoms with van der Waals surface area (Å²) in [5.41, 5.74) is 4.62. The van der Waals surface area contributed by atoms with Crippen LogP contribution >= 0.6 is 0 Å². The number of nitrogens with zero attached hydrogens (tertiary/aromatic N) is 6. The summed E-state index contributed by atoms with van der Waals surface area (Å²) in [5, 5.41) is 6.51. The van der Waals surface area contributed by atoms with E-state index in [1.807, 2.05) is 6.07 Å². The number of fused-ring (bicyclic) bond motifs is 2. The summed E-state index contributed by atoms with van der Waals surface area (Å²) in [6.07, 6.45) is 6.19. The van der Waals surface area contributed by atoms with Crippen LogP contribution in [0.4, 0.5) is 27.5 Å². The molecule has 10 nitrogen and oxygen atoms in total. The molecule has 0 amide bonds. The van der Waals surface area contributed by atoms with Crippen LogP contribution in [0.25, 0.3) is 11.2 Å². The van der Waals surface area contributed by atoms with Gasteiger partial charge >= 0.3 is 0 Å². The number of likely N-dealkylation sites (tertiary alicyclic amines) is 1. The molecule has 1 aromatic carbocycles. The molecule has 0 saturated carbocycles. The summed E-state index contributed by atoms with van der Waals surface area (Å²) < 4.78 is 14.9. The van der Waals surface area contributed by atoms with E-state index in [2.05, 4.69) is 52.4 Å². The second kappa shape index (κ2) is 8.56. The number of halogens is 1. The first-order chi connectivity index (χ1) is 16.6. The smallest absolute Gasteiger partial charge is 0.231 e. The molecular weight excluding hydrogens is 435 g/mol. The van der Waals surface area contributed by atoms with Gasteiger partial charge in [0, 0.05) is 24.7 Å². The highest BCUT2D eigenvalue weighted by atomic mass is 19.1. The second-order valence-electron chi connectivity index (χ2n) is 9.01. The molecule has 3 aromatic heterocycles. The zero-order valence-electron chi connectivity index (χ0n) is 19.0. The van der Waals surface area contributed by atoms with Crippen LogP contribution in [0.2, 0.25) is 0 Å². The van der Waals surface area contributed by atoms with Crippen molar-refractivity contribution in [2.45, 2.75) is 31.8 Å². The lowest BCUT2D eigenvalue weighted by Gasteiger charge is -2.30. The number of imidazole rings is 2. The van der Waals surface area contributed by atoms with Gasteiger partial charge in [0.1, 0.15) is 11.3 Å². The third-order valence-corrected chi connectivity index (χ3v) is 6.64. The fourth-order valence-electron chi connectivity index (χ4n) is 4.71. The number of aromatic amines is 2. The molecule has 11 heteroatoms. The van der Waals surface area contributed by atoms with Crippen LogP contribution in [0.15, 0.2) is 30.9 Å². The summed E-state index contributed by atoms with van der Waals surface area (Å²) in [5.74, 6) is 0.833. The highest BCUT2D eigenvalue weighted by Crippen LogP contribution is 2.29. The molecule has 1 saturated heterocycles. The maximum Gasteiger partial charge on any atom is 0.231 e. The Morgan fingerprint density at radius 3 is 2.76 bits per heavy atom. The molecule has 0 bridgehead atoms. The molecule has 2 aliphatic rings. The van der Waals surface area contributed by atoms with Gasteiger partial charge in [-0.15, -0.1) is 0 Å². The van der Waals surface area contributed by atoms with Crippen LogP contribution in [0.1, 0.15) is 24.2 Å². The van der Waals surface area contributed by atoms with Gasteiger partial charge in [0.15, 0.2) is 11.5 Å². The van der Waals surface area contributed by atoms with Crippen LogP contribution in [-0.2, 0) is 13.0 Å². The van der Waals surface area contributed by atoms with Crippen molar-refractivity contribution in [2.75, 3.05) is 42.2 Å². The van der Waals surface area contributed by atoms with Crippen molar-refractivity contribution in [2.24, 2.45) is 0 Å². The van der Waals surface area contributed by atoms with Gasteiger partial charge in [-0.3, -0.25) is 0 Å². The van der Waals surface area contributed by atoms with E-state index >= 15 is 0 Å². The topological polar surface area (TPSA) is 114 Å². The molecular formula is C23H27FN10. The summed E-state index contributed by atoms with van der Waals surface area (Å²) in [7, 11) is 2.12. The van der Waals surface area contributed by atoms with Crippen LogP contribution < -0.4 is 15.5 Å². The number of aromatic nitrogens is 6. The molecule has 4 N–H and O–H groups in total. The maximum absolute atomic E-state index is 14.9. The van der Waals surface area contributed by atoms with Gasteiger partial charge in [0.05, 0.1) is 36.3 Å². The first-order valence-electron chi connectivity index (χ1n) is 11.6. The maximum atomic E-state index is 14.9. The van der Waals surface area contributed by atoms with Crippen molar-refractivity contribution < 1.29 is 4.39 Å². The number of benzene rings is 1. The molecule has 0 radical (unpaired) electrons. The fraction of sp³-hybridized carbons (Fsp3) is 0.391. The van der Waals surface area contributed by atoms with Crippen molar-refractivity contribution in [3.05, 3.63) is 48.1 Å². The van der Waals surface area contributed by atoms with Gasteiger partial charge in [-0.2, -0.15) is 9.97 Å². The Bertz CT molecular complexity index is 1310. The Kier molecular flexibility index (Phi) is 5.25. The van der Waals surface area contributed by atoms with Gasteiger partial charge in [0.2, 0.25) is 5.95 Å². The van der Waals surface area contributed by atoms with E-state index in [0.717, 1.165) is 61.6 Å². The van der Waals surface area contributed by atoms with E-state index < -0.39 is 0 Å². The number of nitrogens with one attached hydrogen (secondary N) is 4. The number of rotatable bonds is 5. The predicted molar refractivity (Wildman–Crippen MR) is 129 cm³/mol. The standard InChI is InChI=1S/C23H27FN10/c1-33-7-4-14(5-8-33)29-17-3-2-15(10-16(17)24)30-23-31-21-20(27-13-28-21)22(32-23)34-9-6-18-19(11-34)26-12-25-18/h2-3,10,12-14,29H,4-9,11H2,1H3,(H,25,26)(H2,27,28,30,31,32). The van der Waals surface area contributed by atoms with Crippen molar-refractivity contribution in [1.29, 1.82) is 0 Å². The summed E-state index contributed by atoms with van der Waals surface area (Å²) in [6, 6.07) is 5.38. The first kappa shape index (κ1) is 20.8. The third-order valence-electron chi connectivity index (χ3n) is 6.64. The average molecular weight is 463 g/mol. The van der Waals surface area contributed by atoms with E-state index in [9.17, 15) is 4.39 Å². The van der Waals surface area contributed by atoms with Crippen molar-refractivity contribution in [3.8, 4) is 0 Å². The second-order valence-corrected chi connectivity index (χ2v) is 9.01. The summed E-state index contributed by atoms with van der Waals surface area (Å²) >= 11 is 0. The number of piperidine rings is 1. The first-order valence-corrected chi connectivity index (χ1v) is 11.6. The minimum Gasteiger partial charge on any atom is -0.380 e. The Balaban J connectivity index is 1.22. The summed E-state index contributed by atoms with van der Waals surface area (Å²) in [6.45, 7) is 3.50. The quantitative estimate of drug-likeness (QED) is 0.358. The van der Waals surface area contributed by atoms with Crippen LogP contribution in [-0.4, -0.2) is 67.5 Å². The molecule has 34 heavy (non-hydrogen) atoms. The van der Waals surface area contributed by atoms with E-state index in [1.54, 1.807) is 18.7 Å². The lowest BCUT2D eigenvalue weighted by Crippen LogP contribution is -2.36. The Morgan fingerprint density at radius 1 is 1.06 bits per heavy atom. The molecule has 0 unspecified atom stereocenters. The Labute approximate surface area is 196 Å². The van der Waals surface area contributed by atoms with Crippen molar-refractivity contribution in [1.82, 2.24) is 34.8 Å². The zero-order valence-corrected chi connectivity index (χ0v) is 19.0. The van der Waals surface area contributed by atoms with Gasteiger partial charge in [-0.1, -0.05) is 0 Å². The molecule has 0 atom stereocenters. The lowest BCUT2D eigenvalue weighted by molar-refractivity contribution is 0.263. The average Bonchev–Trinajstić information content (AvgIpc) is 3.50. The Hall–Kier alpha value is -3.73. The predicted octanol–water partition coefficient (Wildman–Crippen LogP) is 3.03. The van der Waals surface area contributed by atoms with Gasteiger partial charge in [-0.05, 0) is 51.2 Å². The lowest BCUT2D eigenvalue weighted by atomic mass is 10.1. The molecule has 6 rings (SSSR count). The minimum atomic E-state index is -0.298. The molecule has 5 heterocycles. The number of H-pyrrole nitrogens is 2. The van der Waals surface area contributed by atoms with E-state index in [4.69, 9.17) is 4.98 Å². The molecule has 1 fully saturated rings. The number of anilines is 4. The molecule has 4 aromatic rings. The van der Waals surface area contributed by atoms with E-state index in [-0.39, 0.29) is 11.9 Å². The monoisotopic (exact) mass is 462 g/mol.